The molecule has 0 radical (unpaired) electrons. The molecule has 2 fully saturated rings. The Morgan fingerprint density at radius 2 is 1.79 bits per heavy atom. The Kier molecular flexibility index (Phi) is 6.39. The highest BCUT2D eigenvalue weighted by molar-refractivity contribution is 7.91. The first-order valence-electron chi connectivity index (χ1n) is 8.43. The van der Waals surface area contributed by atoms with Crippen LogP contribution in [-0.2, 0) is 9.84 Å². The molecule has 1 heterocycles. The van der Waals surface area contributed by atoms with Crippen LogP contribution in [0.3, 0.4) is 0 Å². The van der Waals surface area contributed by atoms with Crippen LogP contribution in [0.25, 0.3) is 0 Å². The Hall–Kier alpha value is -0.990. The van der Waals surface area contributed by atoms with Gasteiger partial charge in [-0.3, -0.25) is 4.99 Å². The number of hydrogen-bond acceptors (Lipinski definition) is 3. The van der Waals surface area contributed by atoms with Crippen LogP contribution in [0.4, 0.5) is 13.2 Å². The molecule has 3 unspecified atom stereocenters. The van der Waals surface area contributed by atoms with Crippen LogP contribution in [0.15, 0.2) is 4.99 Å². The number of alkyl halides is 3. The number of nitrogens with one attached hydrogen (secondary N) is 2. The van der Waals surface area contributed by atoms with Crippen LogP contribution in [-0.4, -0.2) is 52.2 Å². The standard InChI is InChI=1S/C15H26F3N3O2S/c1-19-14(20-8-11-6-7-24(22,23)10-11)21-9-12-4-2-3-5-13(12)15(16,17)18/h11-13H,2-10H2,1H3,(H2,19,20,21). The lowest BCUT2D eigenvalue weighted by Crippen LogP contribution is -2.45. The van der Waals surface area contributed by atoms with Crippen molar-refractivity contribution in [3.63, 3.8) is 0 Å². The average molecular weight is 369 g/mol. The van der Waals surface area contributed by atoms with Crippen LogP contribution < -0.4 is 10.6 Å². The summed E-state index contributed by atoms with van der Waals surface area (Å²) in [5.74, 6) is -0.853. The Bertz CT molecular complexity index is 549. The van der Waals surface area contributed by atoms with Crippen LogP contribution in [0, 0.1) is 17.8 Å². The lowest BCUT2D eigenvalue weighted by molar-refractivity contribution is -0.195. The van der Waals surface area contributed by atoms with Crippen molar-refractivity contribution in [2.75, 3.05) is 31.6 Å². The van der Waals surface area contributed by atoms with Gasteiger partial charge in [0.15, 0.2) is 15.8 Å². The molecule has 5 nitrogen and oxygen atoms in total. The van der Waals surface area contributed by atoms with Crippen LogP contribution in [0.5, 0.6) is 0 Å². The molecule has 0 aromatic rings. The van der Waals surface area contributed by atoms with Crippen molar-refractivity contribution in [2.24, 2.45) is 22.7 Å². The second-order valence-corrected chi connectivity index (χ2v) is 9.02. The summed E-state index contributed by atoms with van der Waals surface area (Å²) in [6.45, 7) is 0.694. The fraction of sp³-hybridized carbons (Fsp3) is 0.933. The summed E-state index contributed by atoms with van der Waals surface area (Å²) in [4.78, 5) is 4.02. The smallest absolute Gasteiger partial charge is 0.356 e. The van der Waals surface area contributed by atoms with Gasteiger partial charge in [0.05, 0.1) is 17.4 Å². The maximum Gasteiger partial charge on any atom is 0.392 e. The summed E-state index contributed by atoms with van der Waals surface area (Å²) in [5.41, 5.74) is 0. The number of hydrogen-bond donors (Lipinski definition) is 2. The van der Waals surface area contributed by atoms with Crippen molar-refractivity contribution in [1.29, 1.82) is 0 Å². The first-order valence-corrected chi connectivity index (χ1v) is 10.2. The van der Waals surface area contributed by atoms with E-state index in [4.69, 9.17) is 0 Å². The molecule has 3 atom stereocenters. The monoisotopic (exact) mass is 369 g/mol. The summed E-state index contributed by atoms with van der Waals surface area (Å²) in [7, 11) is -1.37. The molecule has 1 saturated heterocycles. The Labute approximate surface area is 141 Å². The third-order valence-electron chi connectivity index (χ3n) is 4.97. The lowest BCUT2D eigenvalue weighted by atomic mass is 9.79. The number of guanidine groups is 1. The minimum atomic E-state index is -4.15. The highest BCUT2D eigenvalue weighted by Gasteiger charge is 2.45. The van der Waals surface area contributed by atoms with Crippen molar-refractivity contribution >= 4 is 15.8 Å². The van der Waals surface area contributed by atoms with E-state index in [1.807, 2.05) is 0 Å². The van der Waals surface area contributed by atoms with Gasteiger partial charge in [0.1, 0.15) is 0 Å². The third-order valence-corrected chi connectivity index (χ3v) is 6.81. The van der Waals surface area contributed by atoms with Crippen LogP contribution in [0.1, 0.15) is 32.1 Å². The number of sulfone groups is 1. The minimum absolute atomic E-state index is 0.0335. The zero-order valence-electron chi connectivity index (χ0n) is 13.9. The van der Waals surface area contributed by atoms with E-state index >= 15 is 0 Å². The molecule has 0 aromatic carbocycles. The van der Waals surface area contributed by atoms with E-state index in [1.165, 1.54) is 0 Å². The fourth-order valence-corrected chi connectivity index (χ4v) is 5.47. The molecule has 140 valence electrons. The Morgan fingerprint density at radius 1 is 1.12 bits per heavy atom. The van der Waals surface area contributed by atoms with Gasteiger partial charge in [0, 0.05) is 20.1 Å². The van der Waals surface area contributed by atoms with Gasteiger partial charge in [-0.2, -0.15) is 13.2 Å². The van der Waals surface area contributed by atoms with Crippen LogP contribution >= 0.6 is 0 Å². The van der Waals surface area contributed by atoms with Gasteiger partial charge >= 0.3 is 6.18 Å². The van der Waals surface area contributed by atoms with Gasteiger partial charge in [0.25, 0.3) is 0 Å². The maximum absolute atomic E-state index is 13.1. The molecule has 2 N–H and O–H groups in total. The third kappa shape index (κ3) is 5.53. The summed E-state index contributed by atoms with van der Waals surface area (Å²) in [6, 6.07) is 0. The summed E-state index contributed by atoms with van der Waals surface area (Å²) in [6.07, 6.45) is -1.32. The van der Waals surface area contributed by atoms with Gasteiger partial charge in [-0.05, 0) is 31.1 Å². The second kappa shape index (κ2) is 7.93. The molecular weight excluding hydrogens is 343 g/mol. The molecule has 1 aliphatic carbocycles. The first-order chi connectivity index (χ1) is 11.2. The zero-order chi connectivity index (χ0) is 17.8. The normalized spacial score (nSPS) is 31.0. The molecule has 24 heavy (non-hydrogen) atoms. The van der Waals surface area contributed by atoms with E-state index in [-0.39, 0.29) is 30.4 Å². The van der Waals surface area contributed by atoms with Gasteiger partial charge in [-0.15, -0.1) is 0 Å². The highest BCUT2D eigenvalue weighted by Crippen LogP contribution is 2.41. The summed E-state index contributed by atoms with van der Waals surface area (Å²) < 4.78 is 62.2. The predicted molar refractivity (Wildman–Crippen MR) is 87.6 cm³/mol. The quantitative estimate of drug-likeness (QED) is 0.587. The average Bonchev–Trinajstić information content (AvgIpc) is 2.86. The molecule has 0 aromatic heterocycles. The number of nitrogens with zero attached hydrogens (tertiary/aromatic N) is 1. The van der Waals surface area contributed by atoms with Crippen molar-refractivity contribution < 1.29 is 21.6 Å². The second-order valence-electron chi connectivity index (χ2n) is 6.80. The number of rotatable bonds is 4. The van der Waals surface area contributed by atoms with E-state index in [9.17, 15) is 21.6 Å². The SMILES string of the molecule is CN=C(NCC1CCS(=O)(=O)C1)NCC1CCCCC1C(F)(F)F. The van der Waals surface area contributed by atoms with Crippen molar-refractivity contribution in [2.45, 2.75) is 38.3 Å². The Balaban J connectivity index is 1.80. The van der Waals surface area contributed by atoms with Gasteiger partial charge in [-0.25, -0.2) is 8.42 Å². The first kappa shape index (κ1) is 19.3. The molecular formula is C15H26F3N3O2S. The van der Waals surface area contributed by atoms with Gasteiger partial charge in [0.2, 0.25) is 0 Å². The molecule has 2 aliphatic rings. The molecule has 9 heteroatoms. The van der Waals surface area contributed by atoms with Crippen molar-refractivity contribution in [1.82, 2.24) is 10.6 Å². The predicted octanol–water partition coefficient (Wildman–Crippen LogP) is 1.95. The van der Waals surface area contributed by atoms with Crippen LogP contribution in [0.2, 0.25) is 0 Å². The molecule has 0 spiro atoms. The minimum Gasteiger partial charge on any atom is -0.356 e. The van der Waals surface area contributed by atoms with E-state index in [2.05, 4.69) is 15.6 Å². The van der Waals surface area contributed by atoms with E-state index in [0.29, 0.717) is 31.8 Å². The molecule has 0 bridgehead atoms. The van der Waals surface area contributed by atoms with E-state index in [1.54, 1.807) is 7.05 Å². The van der Waals surface area contributed by atoms with E-state index in [0.717, 1.165) is 6.42 Å². The zero-order valence-corrected chi connectivity index (χ0v) is 14.7. The van der Waals surface area contributed by atoms with Gasteiger partial charge < -0.3 is 10.6 Å². The molecule has 1 saturated carbocycles. The molecule has 1 aliphatic heterocycles. The lowest BCUT2D eigenvalue weighted by Gasteiger charge is -2.33. The number of aliphatic imine (C=N–C) groups is 1. The molecule has 0 amide bonds. The summed E-state index contributed by atoms with van der Waals surface area (Å²) in [5, 5.41) is 6.01. The van der Waals surface area contributed by atoms with E-state index < -0.39 is 27.8 Å². The van der Waals surface area contributed by atoms with Gasteiger partial charge in [-0.1, -0.05) is 12.8 Å². The maximum atomic E-state index is 13.1. The van der Waals surface area contributed by atoms with Crippen molar-refractivity contribution in [3.05, 3.63) is 0 Å². The topological polar surface area (TPSA) is 70.6 Å². The highest BCUT2D eigenvalue weighted by atomic mass is 32.2. The molecule has 2 rings (SSSR count). The number of halogens is 3. The largest absolute Gasteiger partial charge is 0.392 e. The fourth-order valence-electron chi connectivity index (χ4n) is 3.61. The summed E-state index contributed by atoms with van der Waals surface area (Å²) >= 11 is 0. The Morgan fingerprint density at radius 3 is 2.38 bits per heavy atom. The van der Waals surface area contributed by atoms with Crippen molar-refractivity contribution in [3.8, 4) is 0 Å².